The molecule has 3 atom stereocenters. The van der Waals surface area contributed by atoms with Gasteiger partial charge >= 0.3 is 147 Å². The van der Waals surface area contributed by atoms with Crippen molar-refractivity contribution in [3.8, 4) is 0 Å². The molecule has 23 heavy (non-hydrogen) atoms. The second-order valence-corrected chi connectivity index (χ2v) is 9.04. The topological polar surface area (TPSA) is 12.5 Å². The van der Waals surface area contributed by atoms with Crippen LogP contribution in [0.5, 0.6) is 0 Å². The Kier molecular flexibility index (Phi) is 6.86. The Labute approximate surface area is 147 Å². The quantitative estimate of drug-likeness (QED) is 0.681. The molecule has 0 heterocycles. The maximum absolute atomic E-state index is 5.82. The number of hydrogen-bond acceptors (Lipinski definition) is 2. The van der Waals surface area contributed by atoms with Crippen LogP contribution in [0.3, 0.4) is 0 Å². The van der Waals surface area contributed by atoms with Gasteiger partial charge in [0.15, 0.2) is 0 Å². The van der Waals surface area contributed by atoms with Gasteiger partial charge in [-0.05, 0) is 0 Å². The fourth-order valence-electron chi connectivity index (χ4n) is 2.71. The molecule has 2 nitrogen and oxygen atoms in total. The van der Waals surface area contributed by atoms with Crippen LogP contribution in [0.15, 0.2) is 54.6 Å². The van der Waals surface area contributed by atoms with Gasteiger partial charge < -0.3 is 0 Å². The van der Waals surface area contributed by atoms with Gasteiger partial charge in [-0.2, -0.15) is 0 Å². The molecule has 2 aromatic rings. The van der Waals surface area contributed by atoms with Gasteiger partial charge in [-0.3, -0.25) is 0 Å². The molecule has 124 valence electrons. The van der Waals surface area contributed by atoms with Gasteiger partial charge in [0.25, 0.3) is 0 Å². The van der Waals surface area contributed by atoms with Crippen LogP contribution in [0, 0.1) is 0 Å². The van der Waals surface area contributed by atoms with E-state index in [1.54, 1.807) is 0 Å². The summed E-state index contributed by atoms with van der Waals surface area (Å²) in [5.74, 6) is 0. The molecule has 0 saturated heterocycles. The van der Waals surface area contributed by atoms with Crippen molar-refractivity contribution in [2.75, 3.05) is 21.2 Å². The molecular formula is C20H27NOSe. The summed E-state index contributed by atoms with van der Waals surface area (Å²) in [5, 5.41) is 0. The molecule has 0 aliphatic heterocycles. The summed E-state index contributed by atoms with van der Waals surface area (Å²) in [6.45, 7) is 4.57. The van der Waals surface area contributed by atoms with E-state index in [1.807, 2.05) is 7.11 Å². The summed E-state index contributed by atoms with van der Waals surface area (Å²) in [6.07, 6.45) is 0.152. The third-order valence-electron chi connectivity index (χ3n) is 4.26. The van der Waals surface area contributed by atoms with Crippen LogP contribution in [0.4, 0.5) is 0 Å². The molecule has 0 spiro atoms. The molecule has 0 bridgehead atoms. The Morgan fingerprint density at radius 3 is 2.13 bits per heavy atom. The average Bonchev–Trinajstić information content (AvgIpc) is 2.56. The molecule has 0 radical (unpaired) electrons. The van der Waals surface area contributed by atoms with E-state index in [2.05, 4.69) is 87.4 Å². The molecule has 0 aliphatic rings. The Morgan fingerprint density at radius 1 is 0.913 bits per heavy atom. The van der Waals surface area contributed by atoms with Crippen molar-refractivity contribution in [1.29, 1.82) is 0 Å². The molecule has 0 saturated carbocycles. The van der Waals surface area contributed by atoms with Crippen LogP contribution < -0.4 is 4.46 Å². The molecule has 2 aromatic carbocycles. The minimum atomic E-state index is 0.152. The standard InChI is InChI=1S/C20H27NOSe/c1-15(21(3)4)18-13-9-10-14-19(18)23-16(2)20(22-5)17-11-7-6-8-12-17/h6-16,20H,1-5H3/t15-,16?,20?/m1/s1. The zero-order valence-electron chi connectivity index (χ0n) is 14.7. The van der Waals surface area contributed by atoms with E-state index in [9.17, 15) is 0 Å². The molecule has 3 heteroatoms. The fourth-order valence-corrected chi connectivity index (χ4v) is 5.49. The molecule has 2 rings (SSSR count). The average molecular weight is 376 g/mol. The molecule has 0 aromatic heterocycles. The fraction of sp³-hybridized carbons (Fsp3) is 0.400. The van der Waals surface area contributed by atoms with Crippen molar-refractivity contribution in [2.24, 2.45) is 0 Å². The zero-order valence-corrected chi connectivity index (χ0v) is 16.4. The van der Waals surface area contributed by atoms with E-state index in [0.29, 0.717) is 25.8 Å². The van der Waals surface area contributed by atoms with Crippen molar-refractivity contribution in [3.05, 3.63) is 65.7 Å². The molecule has 0 fully saturated rings. The van der Waals surface area contributed by atoms with E-state index in [-0.39, 0.29) is 6.10 Å². The second-order valence-electron chi connectivity index (χ2n) is 6.07. The first-order valence-electron chi connectivity index (χ1n) is 8.04. The first-order chi connectivity index (χ1) is 11.0. The Morgan fingerprint density at radius 2 is 1.52 bits per heavy atom. The Hall–Kier alpha value is -1.12. The Balaban J connectivity index is 2.21. The molecule has 0 amide bonds. The molecular weight excluding hydrogens is 349 g/mol. The zero-order chi connectivity index (χ0) is 16.8. The number of ether oxygens (including phenoxy) is 1. The summed E-state index contributed by atoms with van der Waals surface area (Å²) < 4.78 is 7.30. The summed E-state index contributed by atoms with van der Waals surface area (Å²) in [7, 11) is 6.10. The Bertz CT molecular complexity index is 600. The number of methoxy groups -OCH3 is 1. The van der Waals surface area contributed by atoms with Gasteiger partial charge in [0.05, 0.1) is 0 Å². The van der Waals surface area contributed by atoms with Crippen LogP contribution in [0.2, 0.25) is 4.82 Å². The molecule has 0 N–H and O–H groups in total. The monoisotopic (exact) mass is 377 g/mol. The van der Waals surface area contributed by atoms with Crippen molar-refractivity contribution >= 4 is 19.4 Å². The minimum absolute atomic E-state index is 0.152. The third-order valence-corrected chi connectivity index (χ3v) is 6.88. The van der Waals surface area contributed by atoms with Crippen LogP contribution >= 0.6 is 0 Å². The maximum atomic E-state index is 5.82. The SMILES string of the molecule is COC(c1ccccc1)C(C)[Se]c1ccccc1[C@@H](C)N(C)C. The molecule has 0 aliphatic carbocycles. The van der Waals surface area contributed by atoms with Gasteiger partial charge in [0, 0.05) is 0 Å². The van der Waals surface area contributed by atoms with Crippen molar-refractivity contribution in [2.45, 2.75) is 30.8 Å². The number of nitrogens with zero attached hydrogens (tertiary/aromatic N) is 1. The van der Waals surface area contributed by atoms with Crippen molar-refractivity contribution in [3.63, 3.8) is 0 Å². The first kappa shape index (κ1) is 18.2. The van der Waals surface area contributed by atoms with Crippen LogP contribution in [0.1, 0.15) is 37.1 Å². The van der Waals surface area contributed by atoms with Crippen molar-refractivity contribution < 1.29 is 4.74 Å². The van der Waals surface area contributed by atoms with E-state index in [4.69, 9.17) is 4.74 Å². The predicted molar refractivity (Wildman–Crippen MR) is 99.5 cm³/mol. The van der Waals surface area contributed by atoms with Crippen LogP contribution in [-0.2, 0) is 4.74 Å². The summed E-state index contributed by atoms with van der Waals surface area (Å²) >= 11 is 0.359. The van der Waals surface area contributed by atoms with Gasteiger partial charge in [0.2, 0.25) is 0 Å². The first-order valence-corrected chi connectivity index (χ1v) is 9.89. The van der Waals surface area contributed by atoms with Crippen molar-refractivity contribution in [1.82, 2.24) is 4.90 Å². The van der Waals surface area contributed by atoms with Gasteiger partial charge in [-0.25, -0.2) is 0 Å². The summed E-state index contributed by atoms with van der Waals surface area (Å²) in [4.78, 5) is 2.75. The van der Waals surface area contributed by atoms with Crippen LogP contribution in [-0.4, -0.2) is 41.1 Å². The summed E-state index contributed by atoms with van der Waals surface area (Å²) in [5.41, 5.74) is 2.70. The van der Waals surface area contributed by atoms with Gasteiger partial charge in [0.1, 0.15) is 0 Å². The predicted octanol–water partition coefficient (Wildman–Crippen LogP) is 3.83. The number of rotatable bonds is 7. The van der Waals surface area contributed by atoms with E-state index < -0.39 is 0 Å². The summed E-state index contributed by atoms with van der Waals surface area (Å²) in [6, 6.07) is 19.8. The van der Waals surface area contributed by atoms with Gasteiger partial charge in [-0.1, -0.05) is 0 Å². The third kappa shape index (κ3) is 4.68. The second kappa shape index (κ2) is 8.65. The number of hydrogen-bond donors (Lipinski definition) is 0. The van der Waals surface area contributed by atoms with E-state index in [0.717, 1.165) is 0 Å². The van der Waals surface area contributed by atoms with Gasteiger partial charge in [-0.15, -0.1) is 0 Å². The number of benzene rings is 2. The van der Waals surface area contributed by atoms with Crippen LogP contribution in [0.25, 0.3) is 0 Å². The molecule has 2 unspecified atom stereocenters. The van der Waals surface area contributed by atoms with E-state index in [1.165, 1.54) is 15.6 Å². The normalized spacial score (nSPS) is 15.4. The van der Waals surface area contributed by atoms with E-state index >= 15 is 0 Å².